The van der Waals surface area contributed by atoms with E-state index >= 15 is 0 Å². The summed E-state index contributed by atoms with van der Waals surface area (Å²) in [6, 6.07) is 16.1. The van der Waals surface area contributed by atoms with E-state index in [0.717, 1.165) is 16.6 Å². The normalized spacial score (nSPS) is 11.8. The molecule has 2 N–H and O–H groups in total. The van der Waals surface area contributed by atoms with Crippen LogP contribution in [0.15, 0.2) is 53.0 Å². The first-order chi connectivity index (χ1) is 10.1. The molecule has 0 aromatic heterocycles. The third kappa shape index (κ3) is 4.70. The Morgan fingerprint density at radius 3 is 2.57 bits per heavy atom. The van der Waals surface area contributed by atoms with Gasteiger partial charge in [-0.15, -0.1) is 0 Å². The topological polar surface area (TPSA) is 24.1 Å². The average molecular weight is 384 g/mol. The molecule has 21 heavy (non-hydrogen) atoms. The average Bonchev–Trinajstić information content (AvgIpc) is 2.49. The molecule has 2 aromatic carbocycles. The summed E-state index contributed by atoms with van der Waals surface area (Å²) in [5.41, 5.74) is 2.08. The van der Waals surface area contributed by atoms with E-state index in [4.69, 9.17) is 23.8 Å². The molecular weight excluding hydrogens is 368 g/mol. The fourth-order valence-corrected chi connectivity index (χ4v) is 2.69. The second kappa shape index (κ2) is 7.78. The molecule has 0 saturated heterocycles. The fourth-order valence-electron chi connectivity index (χ4n) is 2.01. The third-order valence-electron chi connectivity index (χ3n) is 3.09. The van der Waals surface area contributed by atoms with Crippen molar-refractivity contribution in [2.24, 2.45) is 0 Å². The molecule has 1 atom stereocenters. The minimum atomic E-state index is 0.192. The Hall–Kier alpha value is -1.10. The molecule has 0 heterocycles. The summed E-state index contributed by atoms with van der Waals surface area (Å²) in [6.07, 6.45) is 0.951. The van der Waals surface area contributed by atoms with Crippen molar-refractivity contribution in [3.63, 3.8) is 0 Å². The van der Waals surface area contributed by atoms with Gasteiger partial charge in [0.05, 0.1) is 11.1 Å². The third-order valence-corrected chi connectivity index (χ3v) is 4.55. The number of rotatable bonds is 4. The van der Waals surface area contributed by atoms with Crippen LogP contribution >= 0.6 is 39.7 Å². The van der Waals surface area contributed by atoms with Crippen LogP contribution in [0.2, 0.25) is 5.02 Å². The van der Waals surface area contributed by atoms with Gasteiger partial charge in [0.25, 0.3) is 0 Å². The first-order valence-corrected chi connectivity index (χ1v) is 8.25. The van der Waals surface area contributed by atoms with Gasteiger partial charge in [-0.2, -0.15) is 0 Å². The molecule has 2 nitrogen and oxygen atoms in total. The van der Waals surface area contributed by atoms with Crippen molar-refractivity contribution in [2.45, 2.75) is 19.4 Å². The first kappa shape index (κ1) is 16.3. The molecule has 0 aliphatic rings. The molecule has 0 saturated carbocycles. The van der Waals surface area contributed by atoms with Gasteiger partial charge in [-0.05, 0) is 58.3 Å². The highest BCUT2D eigenvalue weighted by Crippen LogP contribution is 2.25. The summed E-state index contributed by atoms with van der Waals surface area (Å²) in [7, 11) is 0. The molecule has 0 spiro atoms. The lowest BCUT2D eigenvalue weighted by Gasteiger charge is -2.20. The van der Waals surface area contributed by atoms with Crippen LogP contribution in [0.3, 0.4) is 0 Å². The van der Waals surface area contributed by atoms with Crippen LogP contribution in [0.25, 0.3) is 0 Å². The molecule has 110 valence electrons. The van der Waals surface area contributed by atoms with E-state index in [2.05, 4.69) is 45.6 Å². The Kier molecular flexibility index (Phi) is 6.03. The van der Waals surface area contributed by atoms with Gasteiger partial charge in [0, 0.05) is 10.2 Å². The van der Waals surface area contributed by atoms with E-state index in [1.54, 1.807) is 0 Å². The predicted molar refractivity (Wildman–Crippen MR) is 98.0 cm³/mol. The quantitative estimate of drug-likeness (QED) is 0.678. The summed E-state index contributed by atoms with van der Waals surface area (Å²) in [5.74, 6) is 0. The molecule has 2 rings (SSSR count). The van der Waals surface area contributed by atoms with Crippen LogP contribution in [0, 0.1) is 0 Å². The van der Waals surface area contributed by atoms with E-state index < -0.39 is 0 Å². The van der Waals surface area contributed by atoms with Gasteiger partial charge in [-0.3, -0.25) is 0 Å². The SMILES string of the molecule is CC[C@H](NC(=S)Nc1ccc(Br)c(Cl)c1)c1ccccc1. The summed E-state index contributed by atoms with van der Waals surface area (Å²) in [5, 5.41) is 7.73. The molecule has 0 aliphatic carbocycles. The summed E-state index contributed by atoms with van der Waals surface area (Å²) < 4.78 is 0.865. The predicted octanol–water partition coefficient (Wildman–Crippen LogP) is 5.54. The zero-order valence-corrected chi connectivity index (χ0v) is 14.7. The maximum atomic E-state index is 6.08. The van der Waals surface area contributed by atoms with Gasteiger partial charge in [0.2, 0.25) is 0 Å². The van der Waals surface area contributed by atoms with Crippen LogP contribution in [-0.4, -0.2) is 5.11 Å². The van der Waals surface area contributed by atoms with E-state index in [1.807, 2.05) is 36.4 Å². The van der Waals surface area contributed by atoms with Crippen molar-refractivity contribution in [3.8, 4) is 0 Å². The highest BCUT2D eigenvalue weighted by molar-refractivity contribution is 9.10. The van der Waals surface area contributed by atoms with Crippen LogP contribution in [0.1, 0.15) is 24.9 Å². The van der Waals surface area contributed by atoms with Crippen molar-refractivity contribution < 1.29 is 0 Å². The van der Waals surface area contributed by atoms with Gasteiger partial charge in [0.15, 0.2) is 5.11 Å². The van der Waals surface area contributed by atoms with Crippen LogP contribution in [-0.2, 0) is 0 Å². The van der Waals surface area contributed by atoms with Crippen molar-refractivity contribution >= 4 is 50.5 Å². The van der Waals surface area contributed by atoms with Crippen LogP contribution in [0.5, 0.6) is 0 Å². The smallest absolute Gasteiger partial charge is 0.171 e. The number of benzene rings is 2. The Bertz CT molecular complexity index is 619. The number of hydrogen-bond donors (Lipinski definition) is 2. The molecule has 0 fully saturated rings. The van der Waals surface area contributed by atoms with E-state index in [1.165, 1.54) is 5.56 Å². The van der Waals surface area contributed by atoms with Crippen molar-refractivity contribution in [2.75, 3.05) is 5.32 Å². The molecule has 5 heteroatoms. The van der Waals surface area contributed by atoms with Gasteiger partial charge in [0.1, 0.15) is 0 Å². The van der Waals surface area contributed by atoms with Crippen molar-refractivity contribution in [1.29, 1.82) is 0 Å². The molecule has 2 aromatic rings. The number of anilines is 1. The van der Waals surface area contributed by atoms with E-state index in [9.17, 15) is 0 Å². The maximum absolute atomic E-state index is 6.08. The fraction of sp³-hybridized carbons (Fsp3) is 0.188. The van der Waals surface area contributed by atoms with Gasteiger partial charge in [-0.25, -0.2) is 0 Å². The number of hydrogen-bond acceptors (Lipinski definition) is 1. The van der Waals surface area contributed by atoms with Crippen LogP contribution < -0.4 is 10.6 Å². The Morgan fingerprint density at radius 1 is 1.24 bits per heavy atom. The monoisotopic (exact) mass is 382 g/mol. The highest BCUT2D eigenvalue weighted by atomic mass is 79.9. The maximum Gasteiger partial charge on any atom is 0.171 e. The minimum Gasteiger partial charge on any atom is -0.356 e. The van der Waals surface area contributed by atoms with Gasteiger partial charge in [-0.1, -0.05) is 48.9 Å². The lowest BCUT2D eigenvalue weighted by Crippen LogP contribution is -2.32. The number of halogens is 2. The minimum absolute atomic E-state index is 0.192. The van der Waals surface area contributed by atoms with E-state index in [-0.39, 0.29) is 6.04 Å². The largest absolute Gasteiger partial charge is 0.356 e. The second-order valence-corrected chi connectivity index (χ2v) is 6.27. The summed E-state index contributed by atoms with van der Waals surface area (Å²) >= 11 is 14.8. The molecule has 0 aliphatic heterocycles. The van der Waals surface area contributed by atoms with Gasteiger partial charge >= 0.3 is 0 Å². The zero-order chi connectivity index (χ0) is 15.2. The highest BCUT2D eigenvalue weighted by Gasteiger charge is 2.10. The molecule has 0 unspecified atom stereocenters. The zero-order valence-electron chi connectivity index (χ0n) is 11.6. The van der Waals surface area contributed by atoms with Crippen molar-refractivity contribution in [1.82, 2.24) is 5.32 Å². The second-order valence-electron chi connectivity index (χ2n) is 4.60. The standard InChI is InChI=1S/C16H16BrClN2S/c1-2-15(11-6-4-3-5-7-11)20-16(21)19-12-8-9-13(17)14(18)10-12/h3-10,15H,2H2,1H3,(H2,19,20,21)/t15-/m0/s1. The van der Waals surface area contributed by atoms with Crippen LogP contribution in [0.4, 0.5) is 5.69 Å². The summed E-state index contributed by atoms with van der Waals surface area (Å²) in [6.45, 7) is 2.13. The lowest BCUT2D eigenvalue weighted by molar-refractivity contribution is 0.629. The Morgan fingerprint density at radius 2 is 1.95 bits per heavy atom. The van der Waals surface area contributed by atoms with E-state index in [0.29, 0.717) is 10.1 Å². The lowest BCUT2D eigenvalue weighted by atomic mass is 10.1. The Labute approximate surface area is 144 Å². The molecule has 0 bridgehead atoms. The number of thiocarbonyl (C=S) groups is 1. The first-order valence-electron chi connectivity index (χ1n) is 6.67. The molecular formula is C16H16BrClN2S. The number of nitrogens with one attached hydrogen (secondary N) is 2. The Balaban J connectivity index is 2.01. The van der Waals surface area contributed by atoms with Crippen molar-refractivity contribution in [3.05, 3.63) is 63.6 Å². The summed E-state index contributed by atoms with van der Waals surface area (Å²) in [4.78, 5) is 0. The molecule has 0 radical (unpaired) electrons. The molecule has 0 amide bonds. The van der Waals surface area contributed by atoms with Gasteiger partial charge < -0.3 is 10.6 Å².